The van der Waals surface area contributed by atoms with Gasteiger partial charge in [-0.1, -0.05) is 0 Å². The van der Waals surface area contributed by atoms with Crippen LogP contribution in [0.3, 0.4) is 0 Å². The zero-order valence-electron chi connectivity index (χ0n) is 15.5. The van der Waals surface area contributed by atoms with Crippen LogP contribution in [0.4, 0.5) is 5.69 Å². The number of carbonyl (C=O) groups excluding carboxylic acids is 2. The average Bonchev–Trinajstić information content (AvgIpc) is 2.74. The van der Waals surface area contributed by atoms with Gasteiger partial charge in [-0.25, -0.2) is 0 Å². The maximum Gasteiger partial charge on any atom is 0.257 e. The number of carbonyl (C=O) groups is 2. The Balaban J connectivity index is 1.76. The summed E-state index contributed by atoms with van der Waals surface area (Å²) in [6.45, 7) is 1.50. The average molecular weight is 369 g/mol. The van der Waals surface area contributed by atoms with Crippen LogP contribution in [0.2, 0.25) is 0 Å². The number of pyridine rings is 1. The number of ether oxygens (including phenoxy) is 2. The van der Waals surface area contributed by atoms with Gasteiger partial charge in [-0.05, 0) is 37.5 Å². The Morgan fingerprint density at radius 1 is 1.00 bits per heavy atom. The SMILES string of the molecule is COc1ccc(NC(=O)c2cncc(C(=O)N3CCCCC3)c2)c(OC)c1. The van der Waals surface area contributed by atoms with Crippen molar-refractivity contribution in [3.8, 4) is 11.5 Å². The fourth-order valence-electron chi connectivity index (χ4n) is 3.06. The fraction of sp³-hybridized carbons (Fsp3) is 0.350. The minimum atomic E-state index is -0.362. The molecule has 0 unspecified atom stereocenters. The Labute approximate surface area is 158 Å². The molecule has 1 aliphatic heterocycles. The van der Waals surface area contributed by atoms with Crippen molar-refractivity contribution in [1.29, 1.82) is 0 Å². The zero-order valence-corrected chi connectivity index (χ0v) is 15.5. The van der Waals surface area contributed by atoms with Crippen molar-refractivity contribution in [1.82, 2.24) is 9.88 Å². The number of nitrogens with zero attached hydrogens (tertiary/aromatic N) is 2. The minimum absolute atomic E-state index is 0.0844. The van der Waals surface area contributed by atoms with Gasteiger partial charge in [0.1, 0.15) is 11.5 Å². The van der Waals surface area contributed by atoms with Gasteiger partial charge in [-0.2, -0.15) is 0 Å². The lowest BCUT2D eigenvalue weighted by Gasteiger charge is -2.26. The maximum absolute atomic E-state index is 12.6. The molecule has 1 fully saturated rings. The Morgan fingerprint density at radius 3 is 2.44 bits per heavy atom. The van der Waals surface area contributed by atoms with E-state index >= 15 is 0 Å². The molecule has 2 heterocycles. The van der Waals surface area contributed by atoms with Gasteiger partial charge in [0.15, 0.2) is 0 Å². The topological polar surface area (TPSA) is 80.8 Å². The second-order valence-electron chi connectivity index (χ2n) is 6.34. The van der Waals surface area contributed by atoms with Crippen molar-refractivity contribution in [2.45, 2.75) is 19.3 Å². The summed E-state index contributed by atoms with van der Waals surface area (Å²) in [5, 5.41) is 2.79. The minimum Gasteiger partial charge on any atom is -0.497 e. The number of likely N-dealkylation sites (tertiary alicyclic amines) is 1. The van der Waals surface area contributed by atoms with Gasteiger partial charge in [0, 0.05) is 31.5 Å². The van der Waals surface area contributed by atoms with E-state index in [1.807, 2.05) is 4.90 Å². The van der Waals surface area contributed by atoms with E-state index in [0.29, 0.717) is 28.3 Å². The van der Waals surface area contributed by atoms with Crippen LogP contribution >= 0.6 is 0 Å². The number of piperidine rings is 1. The summed E-state index contributed by atoms with van der Waals surface area (Å²) in [7, 11) is 3.08. The predicted molar refractivity (Wildman–Crippen MR) is 101 cm³/mol. The lowest BCUT2D eigenvalue weighted by molar-refractivity contribution is 0.0724. The molecule has 27 heavy (non-hydrogen) atoms. The van der Waals surface area contributed by atoms with Gasteiger partial charge in [-0.15, -0.1) is 0 Å². The Kier molecular flexibility index (Phi) is 5.90. The Hall–Kier alpha value is -3.09. The highest BCUT2D eigenvalue weighted by atomic mass is 16.5. The predicted octanol–water partition coefficient (Wildman–Crippen LogP) is 2.98. The molecule has 142 valence electrons. The van der Waals surface area contributed by atoms with Gasteiger partial charge in [0.25, 0.3) is 11.8 Å². The number of hydrogen-bond donors (Lipinski definition) is 1. The first kappa shape index (κ1) is 18.7. The Bertz CT molecular complexity index is 832. The van der Waals surface area contributed by atoms with Gasteiger partial charge in [0.2, 0.25) is 0 Å². The number of benzene rings is 1. The summed E-state index contributed by atoms with van der Waals surface area (Å²) in [6, 6.07) is 6.69. The molecule has 0 aliphatic carbocycles. The second kappa shape index (κ2) is 8.53. The van der Waals surface area contributed by atoms with Crippen LogP contribution < -0.4 is 14.8 Å². The molecule has 1 N–H and O–H groups in total. The number of aromatic nitrogens is 1. The lowest BCUT2D eigenvalue weighted by Crippen LogP contribution is -2.35. The highest BCUT2D eigenvalue weighted by Crippen LogP contribution is 2.29. The van der Waals surface area contributed by atoms with Crippen LogP contribution in [0.1, 0.15) is 40.0 Å². The molecule has 0 saturated carbocycles. The smallest absolute Gasteiger partial charge is 0.257 e. The van der Waals surface area contributed by atoms with Gasteiger partial charge < -0.3 is 19.7 Å². The molecule has 7 heteroatoms. The van der Waals surface area contributed by atoms with Gasteiger partial charge in [0.05, 0.1) is 31.0 Å². The van der Waals surface area contributed by atoms with Crippen molar-refractivity contribution in [2.75, 3.05) is 32.6 Å². The van der Waals surface area contributed by atoms with Crippen molar-refractivity contribution in [3.05, 3.63) is 47.8 Å². The number of methoxy groups -OCH3 is 2. The number of nitrogens with one attached hydrogen (secondary N) is 1. The first-order valence-corrected chi connectivity index (χ1v) is 8.90. The first-order valence-electron chi connectivity index (χ1n) is 8.90. The second-order valence-corrected chi connectivity index (χ2v) is 6.34. The van der Waals surface area contributed by atoms with Crippen LogP contribution in [0.25, 0.3) is 0 Å². The molecule has 2 aromatic rings. The molecular formula is C20H23N3O4. The van der Waals surface area contributed by atoms with Crippen molar-refractivity contribution >= 4 is 17.5 Å². The monoisotopic (exact) mass is 369 g/mol. The van der Waals surface area contributed by atoms with Crippen LogP contribution in [-0.4, -0.2) is 49.0 Å². The highest BCUT2D eigenvalue weighted by molar-refractivity contribution is 6.06. The molecule has 1 saturated heterocycles. The number of amides is 2. The summed E-state index contributed by atoms with van der Waals surface area (Å²) in [6.07, 6.45) is 6.11. The molecular weight excluding hydrogens is 346 g/mol. The molecule has 0 radical (unpaired) electrons. The molecule has 2 amide bonds. The van der Waals surface area contributed by atoms with Crippen LogP contribution in [-0.2, 0) is 0 Å². The van der Waals surface area contributed by atoms with Crippen molar-refractivity contribution in [3.63, 3.8) is 0 Å². The summed E-state index contributed by atoms with van der Waals surface area (Å²) < 4.78 is 10.5. The molecule has 7 nitrogen and oxygen atoms in total. The maximum atomic E-state index is 12.6. The summed E-state index contributed by atoms with van der Waals surface area (Å²) >= 11 is 0. The largest absolute Gasteiger partial charge is 0.497 e. The summed E-state index contributed by atoms with van der Waals surface area (Å²) in [4.78, 5) is 31.1. The van der Waals surface area contributed by atoms with E-state index in [1.54, 1.807) is 31.4 Å². The van der Waals surface area contributed by atoms with E-state index < -0.39 is 0 Å². The van der Waals surface area contributed by atoms with Crippen LogP contribution in [0.5, 0.6) is 11.5 Å². The quantitative estimate of drug-likeness (QED) is 0.876. The van der Waals surface area contributed by atoms with E-state index in [9.17, 15) is 9.59 Å². The van der Waals surface area contributed by atoms with E-state index in [1.165, 1.54) is 19.5 Å². The van der Waals surface area contributed by atoms with Crippen LogP contribution in [0, 0.1) is 0 Å². The van der Waals surface area contributed by atoms with Crippen LogP contribution in [0.15, 0.2) is 36.7 Å². The number of anilines is 1. The zero-order chi connectivity index (χ0) is 19.2. The molecule has 0 atom stereocenters. The first-order chi connectivity index (χ1) is 13.1. The third kappa shape index (κ3) is 4.36. The fourth-order valence-corrected chi connectivity index (χ4v) is 3.06. The van der Waals surface area contributed by atoms with Crippen molar-refractivity contribution < 1.29 is 19.1 Å². The summed E-state index contributed by atoms with van der Waals surface area (Å²) in [5.41, 5.74) is 1.25. The Morgan fingerprint density at radius 2 is 1.74 bits per heavy atom. The normalized spacial score (nSPS) is 13.8. The van der Waals surface area contributed by atoms with E-state index in [2.05, 4.69) is 10.3 Å². The highest BCUT2D eigenvalue weighted by Gasteiger charge is 2.20. The molecule has 0 bridgehead atoms. The van der Waals surface area contributed by atoms with E-state index in [4.69, 9.17) is 9.47 Å². The van der Waals surface area contributed by atoms with E-state index in [0.717, 1.165) is 32.4 Å². The van der Waals surface area contributed by atoms with Crippen molar-refractivity contribution in [2.24, 2.45) is 0 Å². The molecule has 0 spiro atoms. The summed E-state index contributed by atoms with van der Waals surface area (Å²) in [5.74, 6) is 0.662. The van der Waals surface area contributed by atoms with Gasteiger partial charge in [-0.3, -0.25) is 14.6 Å². The number of rotatable bonds is 5. The molecule has 1 aliphatic rings. The molecule has 1 aromatic carbocycles. The standard InChI is InChI=1S/C20H23N3O4/c1-26-16-6-7-17(18(11-16)27-2)22-19(24)14-10-15(13-21-12-14)20(25)23-8-4-3-5-9-23/h6-7,10-13H,3-5,8-9H2,1-2H3,(H,22,24). The van der Waals surface area contributed by atoms with Gasteiger partial charge >= 0.3 is 0 Å². The third-order valence-electron chi connectivity index (χ3n) is 4.55. The third-order valence-corrected chi connectivity index (χ3v) is 4.55. The lowest BCUT2D eigenvalue weighted by atomic mass is 10.1. The van der Waals surface area contributed by atoms with E-state index in [-0.39, 0.29) is 11.8 Å². The molecule has 1 aromatic heterocycles. The molecule has 3 rings (SSSR count). The number of hydrogen-bond acceptors (Lipinski definition) is 5.